The molecule has 104 valence electrons. The van der Waals surface area contributed by atoms with Crippen molar-refractivity contribution in [1.82, 2.24) is 5.32 Å². The van der Waals surface area contributed by atoms with Crippen molar-refractivity contribution >= 4 is 0 Å². The van der Waals surface area contributed by atoms with Gasteiger partial charge in [-0.3, -0.25) is 0 Å². The van der Waals surface area contributed by atoms with Crippen molar-refractivity contribution in [2.24, 2.45) is 0 Å². The second kappa shape index (κ2) is 6.10. The summed E-state index contributed by atoms with van der Waals surface area (Å²) in [5, 5.41) is 3.53. The number of methoxy groups -OCH3 is 1. The summed E-state index contributed by atoms with van der Waals surface area (Å²) >= 11 is 0. The minimum atomic E-state index is 0.554. The number of hydrogen-bond donors (Lipinski definition) is 1. The van der Waals surface area contributed by atoms with Crippen LogP contribution in [-0.2, 0) is 0 Å². The van der Waals surface area contributed by atoms with Gasteiger partial charge >= 0.3 is 0 Å². The summed E-state index contributed by atoms with van der Waals surface area (Å²) in [7, 11) is 1.71. The summed E-state index contributed by atoms with van der Waals surface area (Å²) in [6.45, 7) is 2.15. The summed E-state index contributed by atoms with van der Waals surface area (Å²) in [5.74, 6) is 2.07. The Hall–Kier alpha value is -1.80. The molecule has 2 atom stereocenters. The quantitative estimate of drug-likeness (QED) is 0.918. The third kappa shape index (κ3) is 2.70. The van der Waals surface area contributed by atoms with Gasteiger partial charge in [-0.15, -0.1) is 0 Å². The zero-order valence-electron chi connectivity index (χ0n) is 11.9. The SMILES string of the molecule is COc1ccc(C2CCNCC2c2ccccc2)cc1. The summed E-state index contributed by atoms with van der Waals surface area (Å²) in [5.41, 5.74) is 2.85. The maximum atomic E-state index is 5.26. The van der Waals surface area contributed by atoms with Gasteiger partial charge in [0.2, 0.25) is 0 Å². The van der Waals surface area contributed by atoms with E-state index in [1.165, 1.54) is 17.5 Å². The number of nitrogens with one attached hydrogen (secondary N) is 1. The van der Waals surface area contributed by atoms with Crippen molar-refractivity contribution in [3.8, 4) is 5.75 Å². The molecular weight excluding hydrogens is 246 g/mol. The maximum absolute atomic E-state index is 5.26. The van der Waals surface area contributed by atoms with Crippen molar-refractivity contribution in [3.63, 3.8) is 0 Å². The van der Waals surface area contributed by atoms with E-state index in [1.54, 1.807) is 7.11 Å². The molecule has 2 aromatic carbocycles. The van der Waals surface area contributed by atoms with Crippen LogP contribution in [0.15, 0.2) is 54.6 Å². The number of rotatable bonds is 3. The standard InChI is InChI=1S/C18H21NO/c1-20-16-9-7-15(8-10-16)17-11-12-19-13-18(17)14-5-3-2-4-6-14/h2-10,17-19H,11-13H2,1H3. The lowest BCUT2D eigenvalue weighted by Crippen LogP contribution is -2.33. The van der Waals surface area contributed by atoms with E-state index in [-0.39, 0.29) is 0 Å². The van der Waals surface area contributed by atoms with Crippen LogP contribution in [0.3, 0.4) is 0 Å². The summed E-state index contributed by atoms with van der Waals surface area (Å²) in [6.07, 6.45) is 1.19. The Balaban J connectivity index is 1.88. The molecule has 1 fully saturated rings. The second-order valence-corrected chi connectivity index (χ2v) is 5.39. The number of ether oxygens (including phenoxy) is 1. The third-order valence-electron chi connectivity index (χ3n) is 4.25. The molecule has 0 saturated carbocycles. The average molecular weight is 267 g/mol. The molecule has 0 radical (unpaired) electrons. The highest BCUT2D eigenvalue weighted by Crippen LogP contribution is 2.37. The van der Waals surface area contributed by atoms with Crippen LogP contribution in [0, 0.1) is 0 Å². The lowest BCUT2D eigenvalue weighted by molar-refractivity contribution is 0.401. The molecule has 1 aliphatic rings. The zero-order valence-corrected chi connectivity index (χ0v) is 11.9. The molecule has 0 spiro atoms. The van der Waals surface area contributed by atoms with Crippen molar-refractivity contribution in [1.29, 1.82) is 0 Å². The molecular formula is C18H21NO. The summed E-state index contributed by atoms with van der Waals surface area (Å²) < 4.78 is 5.26. The Morgan fingerprint density at radius 2 is 1.60 bits per heavy atom. The van der Waals surface area contributed by atoms with Crippen LogP contribution in [0.4, 0.5) is 0 Å². The van der Waals surface area contributed by atoms with E-state index >= 15 is 0 Å². The predicted molar refractivity (Wildman–Crippen MR) is 82.4 cm³/mol. The van der Waals surface area contributed by atoms with E-state index in [1.807, 2.05) is 0 Å². The molecule has 2 nitrogen and oxygen atoms in total. The molecule has 0 amide bonds. The Morgan fingerprint density at radius 1 is 0.900 bits per heavy atom. The van der Waals surface area contributed by atoms with E-state index in [0.717, 1.165) is 18.8 Å². The van der Waals surface area contributed by atoms with Crippen LogP contribution < -0.4 is 10.1 Å². The Morgan fingerprint density at radius 3 is 2.30 bits per heavy atom. The van der Waals surface area contributed by atoms with E-state index in [2.05, 4.69) is 59.9 Å². The van der Waals surface area contributed by atoms with Crippen LogP contribution in [0.2, 0.25) is 0 Å². The smallest absolute Gasteiger partial charge is 0.118 e. The van der Waals surface area contributed by atoms with Crippen LogP contribution in [0.1, 0.15) is 29.4 Å². The fraction of sp³-hybridized carbons (Fsp3) is 0.333. The first-order valence-corrected chi connectivity index (χ1v) is 7.28. The van der Waals surface area contributed by atoms with E-state index in [9.17, 15) is 0 Å². The van der Waals surface area contributed by atoms with Crippen LogP contribution in [0.5, 0.6) is 5.75 Å². The topological polar surface area (TPSA) is 21.3 Å². The molecule has 1 aliphatic heterocycles. The zero-order chi connectivity index (χ0) is 13.8. The van der Waals surface area contributed by atoms with Crippen LogP contribution in [-0.4, -0.2) is 20.2 Å². The first kappa shape index (κ1) is 13.2. The van der Waals surface area contributed by atoms with Gasteiger partial charge in [0.15, 0.2) is 0 Å². The van der Waals surface area contributed by atoms with Gasteiger partial charge < -0.3 is 10.1 Å². The van der Waals surface area contributed by atoms with Crippen LogP contribution >= 0.6 is 0 Å². The fourth-order valence-electron chi connectivity index (χ4n) is 3.16. The van der Waals surface area contributed by atoms with Gasteiger partial charge in [-0.25, -0.2) is 0 Å². The van der Waals surface area contributed by atoms with Crippen LogP contribution in [0.25, 0.3) is 0 Å². The molecule has 1 N–H and O–H groups in total. The van der Waals surface area contributed by atoms with Crippen molar-refractivity contribution < 1.29 is 4.74 Å². The summed E-state index contributed by atoms with van der Waals surface area (Å²) in [6, 6.07) is 19.4. The van der Waals surface area contributed by atoms with Gasteiger partial charge in [0.05, 0.1) is 7.11 Å². The van der Waals surface area contributed by atoms with Gasteiger partial charge in [0.25, 0.3) is 0 Å². The molecule has 1 heterocycles. The van der Waals surface area contributed by atoms with Gasteiger partial charge in [0.1, 0.15) is 5.75 Å². The first-order valence-electron chi connectivity index (χ1n) is 7.28. The lowest BCUT2D eigenvalue weighted by atomic mass is 9.77. The van der Waals surface area contributed by atoms with E-state index in [0.29, 0.717) is 11.8 Å². The molecule has 20 heavy (non-hydrogen) atoms. The minimum Gasteiger partial charge on any atom is -0.497 e. The molecule has 2 heteroatoms. The third-order valence-corrected chi connectivity index (χ3v) is 4.25. The highest BCUT2D eigenvalue weighted by Gasteiger charge is 2.27. The lowest BCUT2D eigenvalue weighted by Gasteiger charge is -2.33. The molecule has 1 saturated heterocycles. The molecule has 0 aliphatic carbocycles. The number of hydrogen-bond acceptors (Lipinski definition) is 2. The molecule has 2 aromatic rings. The average Bonchev–Trinajstić information content (AvgIpc) is 2.56. The van der Waals surface area contributed by atoms with Gasteiger partial charge in [0, 0.05) is 12.5 Å². The number of piperidine rings is 1. The van der Waals surface area contributed by atoms with E-state index < -0.39 is 0 Å². The van der Waals surface area contributed by atoms with Gasteiger partial charge in [-0.1, -0.05) is 42.5 Å². The minimum absolute atomic E-state index is 0.554. The van der Waals surface area contributed by atoms with E-state index in [4.69, 9.17) is 4.74 Å². The maximum Gasteiger partial charge on any atom is 0.118 e. The monoisotopic (exact) mass is 267 g/mol. The summed E-state index contributed by atoms with van der Waals surface area (Å²) in [4.78, 5) is 0. The normalized spacial score (nSPS) is 22.4. The predicted octanol–water partition coefficient (Wildman–Crippen LogP) is 3.56. The largest absolute Gasteiger partial charge is 0.497 e. The van der Waals surface area contributed by atoms with Crippen molar-refractivity contribution in [2.75, 3.05) is 20.2 Å². The second-order valence-electron chi connectivity index (χ2n) is 5.39. The first-order chi connectivity index (χ1) is 9.88. The molecule has 3 rings (SSSR count). The van der Waals surface area contributed by atoms with Crippen molar-refractivity contribution in [3.05, 3.63) is 65.7 Å². The van der Waals surface area contributed by atoms with Gasteiger partial charge in [-0.05, 0) is 42.1 Å². The molecule has 0 bridgehead atoms. The fourth-order valence-corrected chi connectivity index (χ4v) is 3.16. The Bertz CT molecular complexity index is 535. The Labute approximate surface area is 120 Å². The molecule has 0 aromatic heterocycles. The van der Waals surface area contributed by atoms with Gasteiger partial charge in [-0.2, -0.15) is 0 Å². The Kier molecular flexibility index (Phi) is 4.03. The highest BCUT2D eigenvalue weighted by molar-refractivity contribution is 5.33. The molecule has 2 unspecified atom stereocenters. The highest BCUT2D eigenvalue weighted by atomic mass is 16.5. The van der Waals surface area contributed by atoms with Crippen molar-refractivity contribution in [2.45, 2.75) is 18.3 Å². The number of benzene rings is 2.